The second-order valence-electron chi connectivity index (χ2n) is 6.84. The molecule has 29 heavy (non-hydrogen) atoms. The van der Waals surface area contributed by atoms with Gasteiger partial charge in [-0.15, -0.1) is 0 Å². The summed E-state index contributed by atoms with van der Waals surface area (Å²) in [4.78, 5) is 25.3. The molecule has 3 rings (SSSR count). The summed E-state index contributed by atoms with van der Waals surface area (Å²) in [5.41, 5.74) is 3.65. The first kappa shape index (κ1) is 20.5. The number of likely N-dealkylation sites (tertiary alicyclic amines) is 1. The number of hydrogen-bond donors (Lipinski definition) is 1. The van der Waals surface area contributed by atoms with Crippen LogP contribution in [0.4, 0.5) is 10.3 Å². The Morgan fingerprint density at radius 2 is 2.10 bits per heavy atom. The summed E-state index contributed by atoms with van der Waals surface area (Å²) in [6.45, 7) is 3.63. The molecule has 1 N–H and O–H groups in total. The van der Waals surface area contributed by atoms with Crippen molar-refractivity contribution in [1.82, 2.24) is 30.5 Å². The lowest BCUT2D eigenvalue weighted by Gasteiger charge is -2.31. The van der Waals surface area contributed by atoms with Crippen LogP contribution >= 0.6 is 0 Å². The van der Waals surface area contributed by atoms with Crippen molar-refractivity contribution in [2.75, 3.05) is 13.1 Å². The first-order valence-electron chi connectivity index (χ1n) is 9.13. The van der Waals surface area contributed by atoms with Crippen molar-refractivity contribution in [2.24, 2.45) is 11.0 Å². The number of nitro groups is 1. The largest absolute Gasteiger partial charge is 0.514 e. The van der Waals surface area contributed by atoms with Crippen LogP contribution in [0.5, 0.6) is 0 Å². The van der Waals surface area contributed by atoms with Gasteiger partial charge in [0.1, 0.15) is 12.4 Å². The van der Waals surface area contributed by atoms with Crippen LogP contribution < -0.4 is 5.43 Å². The van der Waals surface area contributed by atoms with E-state index in [2.05, 4.69) is 30.8 Å². The minimum absolute atomic E-state index is 0.0716. The molecular weight excluding hydrogens is 383 g/mol. The quantitative estimate of drug-likeness (QED) is 0.415. The van der Waals surface area contributed by atoms with E-state index in [9.17, 15) is 19.3 Å². The molecule has 12 heteroatoms. The number of carbonyl (C=O) groups excluding carboxylic acids is 1. The van der Waals surface area contributed by atoms with Gasteiger partial charge in [0, 0.05) is 23.2 Å². The number of halogens is 1. The smallest absolute Gasteiger partial charge is 0.390 e. The Bertz CT molecular complexity index is 908. The lowest BCUT2D eigenvalue weighted by molar-refractivity contribution is -0.394. The number of nitrogens with zero attached hydrogens (tertiary/aromatic N) is 7. The van der Waals surface area contributed by atoms with E-state index in [1.807, 2.05) is 6.07 Å². The molecular formula is C17H21FN8O3. The van der Waals surface area contributed by atoms with Gasteiger partial charge in [0.15, 0.2) is 0 Å². The van der Waals surface area contributed by atoms with Crippen LogP contribution in [-0.4, -0.2) is 54.7 Å². The molecule has 0 aliphatic carbocycles. The predicted octanol–water partition coefficient (Wildman–Crippen LogP) is 1.12. The summed E-state index contributed by atoms with van der Waals surface area (Å²) < 4.78 is 13.8. The zero-order chi connectivity index (χ0) is 20.8. The van der Waals surface area contributed by atoms with Crippen LogP contribution in [0.1, 0.15) is 25.3 Å². The van der Waals surface area contributed by atoms with Gasteiger partial charge in [-0.05, 0) is 43.8 Å². The molecule has 0 unspecified atom stereocenters. The summed E-state index contributed by atoms with van der Waals surface area (Å²) in [6.07, 6.45) is 1.32. The number of hydrazone groups is 1. The Morgan fingerprint density at radius 3 is 2.76 bits per heavy atom. The summed E-state index contributed by atoms with van der Waals surface area (Å²) in [5.74, 6) is -1.17. The Hall–Kier alpha value is -3.28. The van der Waals surface area contributed by atoms with Crippen molar-refractivity contribution in [3.8, 4) is 0 Å². The zero-order valence-corrected chi connectivity index (χ0v) is 15.9. The number of aromatic nitrogens is 4. The standard InChI is InChI=1S/C17H21FN8O3/c1-12(10-25-22-17(21-23-25)26(28)29)19-20-16(27)13-6-8-24(9-7-13)11-14-4-2-3-5-15(14)18/h2-5,13H,6-11H2,1H3,(H,20,27). The van der Waals surface area contributed by atoms with Crippen molar-refractivity contribution >= 4 is 17.6 Å². The molecule has 1 aliphatic rings. The highest BCUT2D eigenvalue weighted by molar-refractivity contribution is 5.84. The number of benzene rings is 1. The van der Waals surface area contributed by atoms with E-state index in [0.717, 1.165) is 4.80 Å². The van der Waals surface area contributed by atoms with Crippen LogP contribution in [0.2, 0.25) is 0 Å². The Balaban J connectivity index is 1.44. The van der Waals surface area contributed by atoms with Gasteiger partial charge in [0.25, 0.3) is 0 Å². The third-order valence-corrected chi connectivity index (χ3v) is 4.64. The maximum absolute atomic E-state index is 13.8. The van der Waals surface area contributed by atoms with Gasteiger partial charge in [-0.2, -0.15) is 5.10 Å². The fourth-order valence-electron chi connectivity index (χ4n) is 3.08. The Labute approximate surface area is 165 Å². The first-order chi connectivity index (χ1) is 13.9. The summed E-state index contributed by atoms with van der Waals surface area (Å²) in [7, 11) is 0. The van der Waals surface area contributed by atoms with E-state index in [4.69, 9.17) is 0 Å². The molecule has 0 spiro atoms. The van der Waals surface area contributed by atoms with Gasteiger partial charge in [-0.3, -0.25) is 9.69 Å². The Kier molecular flexibility index (Phi) is 6.54. The topological polar surface area (TPSA) is 131 Å². The number of amides is 1. The van der Waals surface area contributed by atoms with Gasteiger partial charge in [-0.25, -0.2) is 9.82 Å². The molecule has 2 heterocycles. The van der Waals surface area contributed by atoms with Gasteiger partial charge >= 0.3 is 5.95 Å². The van der Waals surface area contributed by atoms with Gasteiger partial charge < -0.3 is 10.1 Å². The highest BCUT2D eigenvalue weighted by Crippen LogP contribution is 2.20. The fraction of sp³-hybridized carbons (Fsp3) is 0.471. The molecule has 1 amide bonds. The molecule has 0 atom stereocenters. The lowest BCUT2D eigenvalue weighted by atomic mass is 9.96. The van der Waals surface area contributed by atoms with Crippen molar-refractivity contribution in [3.63, 3.8) is 0 Å². The lowest BCUT2D eigenvalue weighted by Crippen LogP contribution is -2.39. The van der Waals surface area contributed by atoms with E-state index in [-0.39, 0.29) is 24.2 Å². The fourth-order valence-corrected chi connectivity index (χ4v) is 3.08. The van der Waals surface area contributed by atoms with Crippen molar-refractivity contribution in [1.29, 1.82) is 0 Å². The van der Waals surface area contributed by atoms with E-state index in [0.29, 0.717) is 43.8 Å². The van der Waals surface area contributed by atoms with Gasteiger partial charge in [0.2, 0.25) is 5.91 Å². The summed E-state index contributed by atoms with van der Waals surface area (Å²) in [6, 6.07) is 6.69. The Morgan fingerprint density at radius 1 is 1.38 bits per heavy atom. The summed E-state index contributed by atoms with van der Waals surface area (Å²) in [5, 5.41) is 25.0. The van der Waals surface area contributed by atoms with Crippen molar-refractivity contribution in [3.05, 3.63) is 45.8 Å². The molecule has 154 valence electrons. The van der Waals surface area contributed by atoms with E-state index < -0.39 is 10.9 Å². The van der Waals surface area contributed by atoms with Crippen molar-refractivity contribution < 1.29 is 14.1 Å². The van der Waals surface area contributed by atoms with Crippen LogP contribution in [0.3, 0.4) is 0 Å². The van der Waals surface area contributed by atoms with Gasteiger partial charge in [-0.1, -0.05) is 23.0 Å². The molecule has 1 aromatic carbocycles. The highest BCUT2D eigenvalue weighted by atomic mass is 19.1. The molecule has 1 aliphatic heterocycles. The van der Waals surface area contributed by atoms with E-state index in [1.54, 1.807) is 19.1 Å². The average molecular weight is 404 g/mol. The zero-order valence-electron chi connectivity index (χ0n) is 15.9. The number of piperidine rings is 1. The summed E-state index contributed by atoms with van der Waals surface area (Å²) >= 11 is 0. The van der Waals surface area contributed by atoms with Crippen molar-refractivity contribution in [2.45, 2.75) is 32.9 Å². The maximum Gasteiger partial charge on any atom is 0.514 e. The third-order valence-electron chi connectivity index (χ3n) is 4.64. The van der Waals surface area contributed by atoms with E-state index in [1.165, 1.54) is 6.07 Å². The molecule has 0 bridgehead atoms. The number of nitrogens with one attached hydrogen (secondary N) is 1. The van der Waals surface area contributed by atoms with Gasteiger partial charge in [0.05, 0.1) is 15.9 Å². The normalized spacial score (nSPS) is 16.0. The van der Waals surface area contributed by atoms with E-state index >= 15 is 0 Å². The van der Waals surface area contributed by atoms with Crippen LogP contribution in [-0.2, 0) is 17.9 Å². The predicted molar refractivity (Wildman–Crippen MR) is 100 cm³/mol. The molecule has 1 aromatic heterocycles. The second kappa shape index (κ2) is 9.28. The first-order valence-corrected chi connectivity index (χ1v) is 9.13. The minimum atomic E-state index is -0.740. The van der Waals surface area contributed by atoms with Crippen LogP contribution in [0, 0.1) is 21.8 Å². The maximum atomic E-state index is 13.8. The molecule has 0 saturated carbocycles. The molecule has 0 radical (unpaired) electrons. The molecule has 1 saturated heterocycles. The SMILES string of the molecule is CC(Cn1nnc([N+](=O)[O-])n1)=NNC(=O)C1CCN(Cc2ccccc2F)CC1. The molecule has 11 nitrogen and oxygen atoms in total. The number of rotatable bonds is 7. The second-order valence-corrected chi connectivity index (χ2v) is 6.84. The highest BCUT2D eigenvalue weighted by Gasteiger charge is 2.25. The minimum Gasteiger partial charge on any atom is -0.390 e. The van der Waals surface area contributed by atoms with Crippen LogP contribution in [0.15, 0.2) is 29.4 Å². The number of tetrazole rings is 1. The third kappa shape index (κ3) is 5.60. The molecule has 1 fully saturated rings. The molecule has 2 aromatic rings. The monoisotopic (exact) mass is 404 g/mol. The average Bonchev–Trinajstić information content (AvgIpc) is 3.17. The number of hydrogen-bond acceptors (Lipinski definition) is 8. The van der Waals surface area contributed by atoms with Crippen LogP contribution in [0.25, 0.3) is 0 Å². The number of carbonyl (C=O) groups is 1.